The molecule has 1 rings (SSSR count). The third kappa shape index (κ3) is 3.60. The summed E-state index contributed by atoms with van der Waals surface area (Å²) in [6.07, 6.45) is 0.958. The summed E-state index contributed by atoms with van der Waals surface area (Å²) in [6, 6.07) is 6.41. The Kier molecular flexibility index (Phi) is 5.75. The number of aryl methyl sites for hydroxylation is 2. The van der Waals surface area contributed by atoms with Crippen molar-refractivity contribution < 1.29 is 9.53 Å². The molecule has 0 aromatic heterocycles. The minimum atomic E-state index is -0.802. The van der Waals surface area contributed by atoms with Gasteiger partial charge in [0.05, 0.1) is 6.61 Å². The molecule has 0 bridgehead atoms. The van der Waals surface area contributed by atoms with Crippen LogP contribution < -0.4 is 5.32 Å². The van der Waals surface area contributed by atoms with E-state index in [0.29, 0.717) is 6.61 Å². The van der Waals surface area contributed by atoms with Crippen LogP contribution in [0.5, 0.6) is 0 Å². The van der Waals surface area contributed by atoms with Crippen LogP contribution in [0.15, 0.2) is 18.2 Å². The van der Waals surface area contributed by atoms with E-state index in [1.807, 2.05) is 32.9 Å². The van der Waals surface area contributed by atoms with Gasteiger partial charge in [0, 0.05) is 6.04 Å². The summed E-state index contributed by atoms with van der Waals surface area (Å²) < 4.78 is 5.29. The number of benzene rings is 1. The molecule has 3 heteroatoms. The second kappa shape index (κ2) is 6.89. The molecular formula is C17H27NO2. The van der Waals surface area contributed by atoms with Crippen LogP contribution >= 0.6 is 0 Å². The summed E-state index contributed by atoms with van der Waals surface area (Å²) in [5.74, 6) is -0.216. The Morgan fingerprint density at radius 3 is 2.50 bits per heavy atom. The van der Waals surface area contributed by atoms with E-state index >= 15 is 0 Å². The third-order valence-corrected chi connectivity index (χ3v) is 3.75. The van der Waals surface area contributed by atoms with Crippen LogP contribution in [0.3, 0.4) is 0 Å². The molecule has 0 aliphatic carbocycles. The largest absolute Gasteiger partial charge is 0.464 e. The molecule has 0 aliphatic rings. The van der Waals surface area contributed by atoms with Gasteiger partial charge < -0.3 is 4.74 Å². The van der Waals surface area contributed by atoms with Crippen molar-refractivity contribution in [2.75, 3.05) is 6.61 Å². The number of carbonyl (C=O) groups excluding carboxylic acids is 1. The first kappa shape index (κ1) is 16.7. The lowest BCUT2D eigenvalue weighted by Gasteiger charge is -2.33. The molecule has 0 heterocycles. The molecule has 0 fully saturated rings. The predicted molar refractivity (Wildman–Crippen MR) is 82.8 cm³/mol. The number of esters is 1. The van der Waals surface area contributed by atoms with Gasteiger partial charge in [-0.1, -0.05) is 30.7 Å². The second-order valence-electron chi connectivity index (χ2n) is 5.62. The SMILES string of the molecule is CCOC(=O)C(C)(NC(C)CC)c1ccc(C)cc1C. The van der Waals surface area contributed by atoms with E-state index in [2.05, 4.69) is 32.2 Å². The number of hydrogen-bond acceptors (Lipinski definition) is 3. The number of hydrogen-bond donors (Lipinski definition) is 1. The van der Waals surface area contributed by atoms with E-state index in [4.69, 9.17) is 4.74 Å². The predicted octanol–water partition coefficient (Wildman–Crippen LogP) is 3.47. The minimum Gasteiger partial charge on any atom is -0.464 e. The Morgan fingerprint density at radius 1 is 1.35 bits per heavy atom. The van der Waals surface area contributed by atoms with Gasteiger partial charge in [0.25, 0.3) is 0 Å². The van der Waals surface area contributed by atoms with E-state index in [1.165, 1.54) is 5.56 Å². The molecular weight excluding hydrogens is 250 g/mol. The van der Waals surface area contributed by atoms with Gasteiger partial charge in [-0.3, -0.25) is 5.32 Å². The molecule has 2 unspecified atom stereocenters. The lowest BCUT2D eigenvalue weighted by Crippen LogP contribution is -2.51. The first-order chi connectivity index (χ1) is 9.35. The zero-order valence-electron chi connectivity index (χ0n) is 13.5. The van der Waals surface area contributed by atoms with Crippen molar-refractivity contribution in [1.82, 2.24) is 5.32 Å². The van der Waals surface area contributed by atoms with Crippen LogP contribution in [-0.4, -0.2) is 18.6 Å². The van der Waals surface area contributed by atoms with Gasteiger partial charge >= 0.3 is 5.97 Å². The van der Waals surface area contributed by atoms with Crippen molar-refractivity contribution in [3.8, 4) is 0 Å². The van der Waals surface area contributed by atoms with Gasteiger partial charge in [-0.15, -0.1) is 0 Å². The highest BCUT2D eigenvalue weighted by Gasteiger charge is 2.38. The maximum Gasteiger partial charge on any atom is 0.330 e. The summed E-state index contributed by atoms with van der Waals surface area (Å²) in [4.78, 5) is 12.5. The zero-order chi connectivity index (χ0) is 15.3. The number of nitrogens with one attached hydrogen (secondary N) is 1. The van der Waals surface area contributed by atoms with Gasteiger partial charge in [-0.05, 0) is 52.2 Å². The van der Waals surface area contributed by atoms with Crippen LogP contribution in [0.2, 0.25) is 0 Å². The molecule has 1 aromatic rings. The van der Waals surface area contributed by atoms with Crippen molar-refractivity contribution in [1.29, 1.82) is 0 Å². The van der Waals surface area contributed by atoms with Crippen LogP contribution in [0.4, 0.5) is 0 Å². The highest BCUT2D eigenvalue weighted by Crippen LogP contribution is 2.27. The monoisotopic (exact) mass is 277 g/mol. The molecule has 2 atom stereocenters. The summed E-state index contributed by atoms with van der Waals surface area (Å²) in [7, 11) is 0. The first-order valence-corrected chi connectivity index (χ1v) is 7.37. The standard InChI is InChI=1S/C17H27NO2/c1-7-14(5)18-17(6,16(19)20-8-2)15-10-9-12(3)11-13(15)4/h9-11,14,18H,7-8H2,1-6H3. The fourth-order valence-corrected chi connectivity index (χ4v) is 2.49. The van der Waals surface area contributed by atoms with E-state index in [9.17, 15) is 4.79 Å². The highest BCUT2D eigenvalue weighted by atomic mass is 16.5. The molecule has 0 amide bonds. The first-order valence-electron chi connectivity index (χ1n) is 7.37. The molecule has 0 aliphatic heterocycles. The fraction of sp³-hybridized carbons (Fsp3) is 0.588. The quantitative estimate of drug-likeness (QED) is 0.809. The summed E-state index contributed by atoms with van der Waals surface area (Å²) in [5.41, 5.74) is 2.49. The average molecular weight is 277 g/mol. The molecule has 0 saturated heterocycles. The van der Waals surface area contributed by atoms with Crippen LogP contribution in [-0.2, 0) is 15.1 Å². The molecule has 1 aromatic carbocycles. The van der Waals surface area contributed by atoms with E-state index in [1.54, 1.807) is 0 Å². The van der Waals surface area contributed by atoms with Crippen molar-refractivity contribution >= 4 is 5.97 Å². The third-order valence-electron chi connectivity index (χ3n) is 3.75. The van der Waals surface area contributed by atoms with E-state index in [-0.39, 0.29) is 12.0 Å². The molecule has 0 spiro atoms. The maximum absolute atomic E-state index is 12.5. The Labute approximate surface area is 122 Å². The molecule has 3 nitrogen and oxygen atoms in total. The molecule has 20 heavy (non-hydrogen) atoms. The van der Waals surface area contributed by atoms with Gasteiger partial charge in [-0.25, -0.2) is 4.79 Å². The lowest BCUT2D eigenvalue weighted by molar-refractivity contribution is -0.151. The highest BCUT2D eigenvalue weighted by molar-refractivity contribution is 5.82. The summed E-state index contributed by atoms with van der Waals surface area (Å²) >= 11 is 0. The Bertz CT molecular complexity index is 470. The van der Waals surface area contributed by atoms with Gasteiger partial charge in [0.1, 0.15) is 5.54 Å². The van der Waals surface area contributed by atoms with E-state index < -0.39 is 5.54 Å². The van der Waals surface area contributed by atoms with E-state index in [0.717, 1.165) is 17.5 Å². The van der Waals surface area contributed by atoms with Crippen molar-refractivity contribution in [3.63, 3.8) is 0 Å². The summed E-state index contributed by atoms with van der Waals surface area (Å²) in [5, 5.41) is 3.43. The zero-order valence-corrected chi connectivity index (χ0v) is 13.5. The average Bonchev–Trinajstić information content (AvgIpc) is 2.38. The minimum absolute atomic E-state index is 0.216. The summed E-state index contributed by atoms with van der Waals surface area (Å²) in [6.45, 7) is 12.4. The number of ether oxygens (including phenoxy) is 1. The van der Waals surface area contributed by atoms with Gasteiger partial charge in [0.15, 0.2) is 0 Å². The topological polar surface area (TPSA) is 38.3 Å². The lowest BCUT2D eigenvalue weighted by atomic mass is 9.86. The molecule has 112 valence electrons. The molecule has 0 radical (unpaired) electrons. The normalized spacial score (nSPS) is 15.5. The molecule has 0 saturated carbocycles. The Morgan fingerprint density at radius 2 is 2.00 bits per heavy atom. The van der Waals surface area contributed by atoms with Crippen molar-refractivity contribution in [2.24, 2.45) is 0 Å². The van der Waals surface area contributed by atoms with Crippen LogP contribution in [0.25, 0.3) is 0 Å². The second-order valence-corrected chi connectivity index (χ2v) is 5.62. The smallest absolute Gasteiger partial charge is 0.330 e. The van der Waals surface area contributed by atoms with Gasteiger partial charge in [0.2, 0.25) is 0 Å². The Balaban J connectivity index is 3.25. The number of rotatable bonds is 6. The van der Waals surface area contributed by atoms with Crippen LogP contribution in [0, 0.1) is 13.8 Å². The van der Waals surface area contributed by atoms with Crippen molar-refractivity contribution in [2.45, 2.75) is 59.5 Å². The fourth-order valence-electron chi connectivity index (χ4n) is 2.49. The maximum atomic E-state index is 12.5. The number of carbonyl (C=O) groups is 1. The van der Waals surface area contributed by atoms with Gasteiger partial charge in [-0.2, -0.15) is 0 Å². The molecule has 1 N–H and O–H groups in total. The van der Waals surface area contributed by atoms with Crippen molar-refractivity contribution in [3.05, 3.63) is 34.9 Å². The Hall–Kier alpha value is -1.35. The van der Waals surface area contributed by atoms with Crippen LogP contribution in [0.1, 0.15) is 50.8 Å².